The van der Waals surface area contributed by atoms with Crippen LogP contribution in [0.1, 0.15) is 27.7 Å². The van der Waals surface area contributed by atoms with Crippen molar-refractivity contribution in [2.75, 3.05) is 13.2 Å². The van der Waals surface area contributed by atoms with Crippen molar-refractivity contribution < 1.29 is 22.3 Å². The molecule has 0 bridgehead atoms. The fraction of sp³-hybridized carbons (Fsp3) is 0.571. The molecule has 0 amide bonds. The smallest absolute Gasteiger partial charge is 0.203 e. The Morgan fingerprint density at radius 3 is 2.00 bits per heavy atom. The molecule has 0 aliphatic carbocycles. The molecule has 0 aliphatic rings. The van der Waals surface area contributed by atoms with Gasteiger partial charge >= 0.3 is 0 Å². The third-order valence-electron chi connectivity index (χ3n) is 2.96. The van der Waals surface area contributed by atoms with Crippen LogP contribution in [-0.4, -0.2) is 19.2 Å². The van der Waals surface area contributed by atoms with Gasteiger partial charge in [0.25, 0.3) is 0 Å². The Morgan fingerprint density at radius 2 is 1.60 bits per heavy atom. The SMILES string of the molecule is CCNC(COc1c(F)c(F)cc(F)c1F)C(C)(C)C. The molecule has 1 aromatic carbocycles. The Bertz CT molecular complexity index is 445. The highest BCUT2D eigenvalue weighted by Crippen LogP contribution is 2.28. The first-order valence-corrected chi connectivity index (χ1v) is 6.37. The van der Waals surface area contributed by atoms with Gasteiger partial charge in [-0.25, -0.2) is 8.78 Å². The number of halogens is 4. The van der Waals surface area contributed by atoms with Crippen molar-refractivity contribution in [3.05, 3.63) is 29.3 Å². The molecule has 0 fully saturated rings. The molecule has 6 heteroatoms. The predicted molar refractivity (Wildman–Crippen MR) is 68.7 cm³/mol. The Morgan fingerprint density at radius 1 is 1.10 bits per heavy atom. The Labute approximate surface area is 116 Å². The lowest BCUT2D eigenvalue weighted by Crippen LogP contribution is -2.44. The van der Waals surface area contributed by atoms with E-state index < -0.39 is 29.0 Å². The van der Waals surface area contributed by atoms with Crippen molar-refractivity contribution in [3.8, 4) is 5.75 Å². The molecule has 0 aromatic heterocycles. The van der Waals surface area contributed by atoms with Gasteiger partial charge < -0.3 is 10.1 Å². The standard InChI is InChI=1S/C14H19F4NO/c1-5-19-10(14(2,3)4)7-20-13-11(17)8(15)6-9(16)12(13)18/h6,10,19H,5,7H2,1-4H3. The molecular weight excluding hydrogens is 274 g/mol. The maximum Gasteiger partial charge on any atom is 0.203 e. The first-order valence-electron chi connectivity index (χ1n) is 6.37. The zero-order valence-electron chi connectivity index (χ0n) is 12.0. The van der Waals surface area contributed by atoms with Crippen molar-refractivity contribution in [2.24, 2.45) is 5.41 Å². The van der Waals surface area contributed by atoms with Crippen LogP contribution in [0, 0.1) is 28.7 Å². The third kappa shape index (κ3) is 3.85. The fourth-order valence-corrected chi connectivity index (χ4v) is 1.71. The predicted octanol–water partition coefficient (Wildman–Crippen LogP) is 3.65. The number of likely N-dealkylation sites (N-methyl/N-ethyl adjacent to an activating group) is 1. The second-order valence-electron chi connectivity index (χ2n) is 5.58. The summed E-state index contributed by atoms with van der Waals surface area (Å²) in [6.07, 6.45) is 0. The first-order chi connectivity index (χ1) is 9.18. The molecule has 1 N–H and O–H groups in total. The molecule has 2 nitrogen and oxygen atoms in total. The number of ether oxygens (including phenoxy) is 1. The minimum Gasteiger partial charge on any atom is -0.486 e. The van der Waals surface area contributed by atoms with E-state index in [1.165, 1.54) is 0 Å². The highest BCUT2D eigenvalue weighted by molar-refractivity contribution is 5.28. The third-order valence-corrected chi connectivity index (χ3v) is 2.96. The second-order valence-corrected chi connectivity index (χ2v) is 5.58. The molecule has 0 aliphatic heterocycles. The van der Waals surface area contributed by atoms with E-state index >= 15 is 0 Å². The van der Waals surface area contributed by atoms with E-state index in [-0.39, 0.29) is 24.1 Å². The normalized spacial score (nSPS) is 13.4. The van der Waals surface area contributed by atoms with Gasteiger partial charge in [0.05, 0.1) is 0 Å². The lowest BCUT2D eigenvalue weighted by molar-refractivity contribution is 0.164. The van der Waals surface area contributed by atoms with E-state index in [0.717, 1.165) is 0 Å². The monoisotopic (exact) mass is 293 g/mol. The summed E-state index contributed by atoms with van der Waals surface area (Å²) in [5, 5.41) is 3.10. The van der Waals surface area contributed by atoms with E-state index in [9.17, 15) is 17.6 Å². The number of rotatable bonds is 5. The topological polar surface area (TPSA) is 21.3 Å². The molecule has 0 spiro atoms. The van der Waals surface area contributed by atoms with Crippen LogP contribution in [0.2, 0.25) is 0 Å². The summed E-state index contributed by atoms with van der Waals surface area (Å²) < 4.78 is 58.0. The molecule has 20 heavy (non-hydrogen) atoms. The Hall–Kier alpha value is -1.30. The van der Waals surface area contributed by atoms with Crippen molar-refractivity contribution >= 4 is 0 Å². The average molecular weight is 293 g/mol. The molecule has 114 valence electrons. The lowest BCUT2D eigenvalue weighted by Gasteiger charge is -2.31. The van der Waals surface area contributed by atoms with Crippen LogP contribution in [0.4, 0.5) is 17.6 Å². The van der Waals surface area contributed by atoms with Crippen molar-refractivity contribution in [1.29, 1.82) is 0 Å². The van der Waals surface area contributed by atoms with Gasteiger partial charge in [0.2, 0.25) is 11.6 Å². The molecule has 1 unspecified atom stereocenters. The summed E-state index contributed by atoms with van der Waals surface area (Å²) in [5.41, 5.74) is -0.241. The Kier molecular flexibility index (Phi) is 5.39. The van der Waals surface area contributed by atoms with Gasteiger partial charge in [-0.05, 0) is 12.0 Å². The molecule has 0 heterocycles. The van der Waals surface area contributed by atoms with Crippen LogP contribution in [0.25, 0.3) is 0 Å². The van der Waals surface area contributed by atoms with Crippen LogP contribution in [-0.2, 0) is 0 Å². The van der Waals surface area contributed by atoms with Crippen molar-refractivity contribution in [1.82, 2.24) is 5.32 Å². The van der Waals surface area contributed by atoms with Crippen molar-refractivity contribution in [2.45, 2.75) is 33.7 Å². The second kappa shape index (κ2) is 6.43. The Balaban J connectivity index is 2.94. The number of hydrogen-bond acceptors (Lipinski definition) is 2. The number of benzene rings is 1. The summed E-state index contributed by atoms with van der Waals surface area (Å²) in [5.74, 6) is -7.01. The number of nitrogens with one attached hydrogen (secondary N) is 1. The molecule has 1 rings (SSSR count). The maximum atomic E-state index is 13.4. The van der Waals surface area contributed by atoms with E-state index in [4.69, 9.17) is 4.74 Å². The summed E-state index contributed by atoms with van der Waals surface area (Å²) in [6.45, 7) is 8.16. The zero-order valence-corrected chi connectivity index (χ0v) is 12.0. The summed E-state index contributed by atoms with van der Waals surface area (Å²) in [7, 11) is 0. The van der Waals surface area contributed by atoms with Gasteiger partial charge in [0, 0.05) is 12.1 Å². The molecule has 1 aromatic rings. The molecule has 1 atom stereocenters. The highest BCUT2D eigenvalue weighted by Gasteiger charge is 2.27. The lowest BCUT2D eigenvalue weighted by atomic mass is 9.87. The van der Waals surface area contributed by atoms with Crippen LogP contribution < -0.4 is 10.1 Å². The largest absolute Gasteiger partial charge is 0.486 e. The minimum absolute atomic E-state index is 0.103. The van der Waals surface area contributed by atoms with Gasteiger partial charge in [-0.1, -0.05) is 27.7 Å². The van der Waals surface area contributed by atoms with E-state index in [1.54, 1.807) is 0 Å². The minimum atomic E-state index is -1.52. The van der Waals surface area contributed by atoms with Gasteiger partial charge in [-0.3, -0.25) is 0 Å². The van der Waals surface area contributed by atoms with Crippen LogP contribution in [0.3, 0.4) is 0 Å². The summed E-state index contributed by atoms with van der Waals surface area (Å²) in [4.78, 5) is 0. The summed E-state index contributed by atoms with van der Waals surface area (Å²) in [6, 6.07) is -0.0686. The average Bonchev–Trinajstić information content (AvgIpc) is 2.33. The van der Waals surface area contributed by atoms with Crippen LogP contribution in [0.15, 0.2) is 6.07 Å². The van der Waals surface area contributed by atoms with Gasteiger partial charge in [-0.15, -0.1) is 0 Å². The molecule has 0 saturated heterocycles. The van der Waals surface area contributed by atoms with E-state index in [2.05, 4.69) is 5.32 Å². The highest BCUT2D eigenvalue weighted by atomic mass is 19.2. The van der Waals surface area contributed by atoms with Gasteiger partial charge in [-0.2, -0.15) is 8.78 Å². The summed E-state index contributed by atoms with van der Waals surface area (Å²) >= 11 is 0. The maximum absolute atomic E-state index is 13.4. The number of hydrogen-bond donors (Lipinski definition) is 1. The van der Waals surface area contributed by atoms with E-state index in [1.807, 2.05) is 27.7 Å². The zero-order chi connectivity index (χ0) is 15.5. The molecular formula is C14H19F4NO. The molecule has 0 radical (unpaired) electrons. The van der Waals surface area contributed by atoms with Gasteiger partial charge in [0.1, 0.15) is 6.61 Å². The molecule has 0 saturated carbocycles. The fourth-order valence-electron chi connectivity index (χ4n) is 1.71. The van der Waals surface area contributed by atoms with Crippen molar-refractivity contribution in [3.63, 3.8) is 0 Å². The quantitative estimate of drug-likeness (QED) is 0.661. The van der Waals surface area contributed by atoms with E-state index in [0.29, 0.717) is 6.54 Å². The van der Waals surface area contributed by atoms with Crippen LogP contribution in [0.5, 0.6) is 5.75 Å². The van der Waals surface area contributed by atoms with Crippen LogP contribution >= 0.6 is 0 Å². The van der Waals surface area contributed by atoms with Gasteiger partial charge in [0.15, 0.2) is 17.4 Å². The first kappa shape index (κ1) is 16.8.